The monoisotopic (exact) mass is 593 g/mol. The highest BCUT2D eigenvalue weighted by molar-refractivity contribution is 6.21. The molecular weight excluding hydrogens is 546 g/mol. The number of ether oxygens (including phenoxy) is 1. The Morgan fingerprint density at radius 3 is 2.05 bits per heavy atom. The maximum absolute atomic E-state index is 12.6. The topological polar surface area (TPSA) is 66.8 Å². The third-order valence-electron chi connectivity index (χ3n) is 9.96. The SMILES string of the molecule is CCC(CC)(c1ccc(C=CC2(O)CCCC2)c(C)c1)c1ccc(OCCCCCN2C(=O)c3ccccc3C2=O)c(C)c1. The van der Waals surface area contributed by atoms with E-state index in [1.807, 2.05) is 6.08 Å². The number of carbonyl (C=O) groups is 2. The van der Waals surface area contributed by atoms with E-state index in [2.05, 4.69) is 70.2 Å². The minimum absolute atomic E-state index is 0.0932. The molecule has 0 saturated heterocycles. The summed E-state index contributed by atoms with van der Waals surface area (Å²) < 4.78 is 6.18. The predicted molar refractivity (Wildman–Crippen MR) is 177 cm³/mol. The highest BCUT2D eigenvalue weighted by atomic mass is 16.5. The van der Waals surface area contributed by atoms with E-state index in [4.69, 9.17) is 4.74 Å². The molecular formula is C39H47NO4. The van der Waals surface area contributed by atoms with Gasteiger partial charge in [0.05, 0.1) is 23.3 Å². The van der Waals surface area contributed by atoms with Crippen molar-refractivity contribution in [2.75, 3.05) is 13.2 Å². The van der Waals surface area contributed by atoms with Crippen molar-refractivity contribution in [3.8, 4) is 5.75 Å². The Labute approximate surface area is 262 Å². The van der Waals surface area contributed by atoms with E-state index in [1.54, 1.807) is 24.3 Å². The number of amides is 2. The first kappa shape index (κ1) is 31.7. The largest absolute Gasteiger partial charge is 0.493 e. The Hall–Kier alpha value is -3.70. The fourth-order valence-electron chi connectivity index (χ4n) is 7.07. The molecule has 0 spiro atoms. The molecule has 5 nitrogen and oxygen atoms in total. The molecule has 2 aliphatic rings. The molecule has 1 aliphatic carbocycles. The molecule has 0 radical (unpaired) electrons. The zero-order chi connectivity index (χ0) is 31.3. The molecule has 232 valence electrons. The lowest BCUT2D eigenvalue weighted by molar-refractivity contribution is 0.0651. The van der Waals surface area contributed by atoms with E-state index in [-0.39, 0.29) is 17.2 Å². The van der Waals surface area contributed by atoms with Crippen molar-refractivity contribution in [2.45, 2.75) is 96.5 Å². The lowest BCUT2D eigenvalue weighted by atomic mass is 9.70. The summed E-state index contributed by atoms with van der Waals surface area (Å²) in [5, 5.41) is 10.8. The van der Waals surface area contributed by atoms with Gasteiger partial charge in [0.2, 0.25) is 0 Å². The number of fused-ring (bicyclic) bond motifs is 1. The van der Waals surface area contributed by atoms with Gasteiger partial charge >= 0.3 is 0 Å². The molecule has 1 fully saturated rings. The molecule has 1 heterocycles. The van der Waals surface area contributed by atoms with E-state index >= 15 is 0 Å². The third kappa shape index (κ3) is 6.39. The highest BCUT2D eigenvalue weighted by Gasteiger charge is 2.35. The van der Waals surface area contributed by atoms with Gasteiger partial charge in [0.25, 0.3) is 11.8 Å². The number of unbranched alkanes of at least 4 members (excludes halogenated alkanes) is 2. The number of nitrogens with zero attached hydrogens (tertiary/aromatic N) is 1. The second kappa shape index (κ2) is 13.5. The van der Waals surface area contributed by atoms with E-state index in [9.17, 15) is 14.7 Å². The molecule has 1 N–H and O–H groups in total. The molecule has 44 heavy (non-hydrogen) atoms. The Morgan fingerprint density at radius 2 is 1.45 bits per heavy atom. The molecule has 0 bridgehead atoms. The fraction of sp³-hybridized carbons (Fsp3) is 0.436. The van der Waals surface area contributed by atoms with Crippen molar-refractivity contribution in [3.05, 3.63) is 106 Å². The summed E-state index contributed by atoms with van der Waals surface area (Å²) in [5.74, 6) is 0.529. The summed E-state index contributed by atoms with van der Waals surface area (Å²) >= 11 is 0. The Bertz CT molecular complexity index is 1490. The van der Waals surface area contributed by atoms with Gasteiger partial charge in [-0.05, 0) is 105 Å². The number of hydrogen-bond acceptors (Lipinski definition) is 4. The summed E-state index contributed by atoms with van der Waals surface area (Å²) in [5.41, 5.74) is 6.42. The molecule has 0 aromatic heterocycles. The van der Waals surface area contributed by atoms with Crippen LogP contribution in [0, 0.1) is 13.8 Å². The van der Waals surface area contributed by atoms with E-state index < -0.39 is 5.60 Å². The Kier molecular flexibility index (Phi) is 9.75. The van der Waals surface area contributed by atoms with Gasteiger partial charge in [-0.3, -0.25) is 14.5 Å². The van der Waals surface area contributed by atoms with Crippen LogP contribution in [0.15, 0.2) is 66.7 Å². The minimum Gasteiger partial charge on any atom is -0.493 e. The van der Waals surface area contributed by atoms with Gasteiger partial charge in [0.15, 0.2) is 0 Å². The minimum atomic E-state index is -0.648. The van der Waals surface area contributed by atoms with Crippen LogP contribution in [0.25, 0.3) is 6.08 Å². The van der Waals surface area contributed by atoms with Crippen molar-refractivity contribution < 1.29 is 19.4 Å². The maximum atomic E-state index is 12.6. The van der Waals surface area contributed by atoms with Gasteiger partial charge in [-0.25, -0.2) is 0 Å². The molecule has 0 atom stereocenters. The van der Waals surface area contributed by atoms with Gasteiger partial charge < -0.3 is 9.84 Å². The van der Waals surface area contributed by atoms with Crippen LogP contribution < -0.4 is 4.74 Å². The lowest BCUT2D eigenvalue weighted by Crippen LogP contribution is -2.30. The standard InChI is InChI=1S/C39H47NO4/c1-5-39(6-2,31-17-16-30(28(3)26-31)20-23-38(43)21-10-11-22-38)32-18-19-35(29(4)27-32)44-25-13-7-12-24-40-36(41)33-14-8-9-15-34(33)37(40)42/h8-9,14-20,23,26-27,43H,5-7,10-13,21-22,24-25H2,1-4H3. The summed E-state index contributed by atoms with van der Waals surface area (Å²) in [6, 6.07) is 20.4. The zero-order valence-electron chi connectivity index (χ0n) is 26.8. The zero-order valence-corrected chi connectivity index (χ0v) is 26.8. The molecule has 5 rings (SSSR count). The predicted octanol–water partition coefficient (Wildman–Crippen LogP) is 8.57. The Morgan fingerprint density at radius 1 is 0.841 bits per heavy atom. The first-order valence-electron chi connectivity index (χ1n) is 16.4. The molecule has 1 aliphatic heterocycles. The van der Waals surface area contributed by atoms with Crippen LogP contribution in [0.2, 0.25) is 0 Å². The van der Waals surface area contributed by atoms with E-state index in [0.29, 0.717) is 24.3 Å². The average Bonchev–Trinajstić information content (AvgIpc) is 3.57. The summed E-state index contributed by atoms with van der Waals surface area (Å²) in [6.07, 6.45) is 12.5. The van der Waals surface area contributed by atoms with Crippen LogP contribution >= 0.6 is 0 Å². The second-order valence-electron chi connectivity index (χ2n) is 12.7. The molecule has 5 heteroatoms. The third-order valence-corrected chi connectivity index (χ3v) is 9.96. The Balaban J connectivity index is 1.17. The summed E-state index contributed by atoms with van der Waals surface area (Å²) in [4.78, 5) is 26.5. The van der Waals surface area contributed by atoms with Crippen LogP contribution in [-0.2, 0) is 5.41 Å². The quantitative estimate of drug-likeness (QED) is 0.159. The maximum Gasteiger partial charge on any atom is 0.261 e. The van der Waals surface area contributed by atoms with E-state index in [1.165, 1.54) is 27.2 Å². The lowest BCUT2D eigenvalue weighted by Gasteiger charge is -2.34. The first-order valence-corrected chi connectivity index (χ1v) is 16.4. The van der Waals surface area contributed by atoms with Crippen molar-refractivity contribution in [2.24, 2.45) is 0 Å². The van der Waals surface area contributed by atoms with Crippen molar-refractivity contribution >= 4 is 17.9 Å². The number of imide groups is 1. The van der Waals surface area contributed by atoms with Crippen LogP contribution in [0.5, 0.6) is 5.75 Å². The summed E-state index contributed by atoms with van der Waals surface area (Å²) in [6.45, 7) is 9.85. The number of benzene rings is 3. The van der Waals surface area contributed by atoms with Crippen LogP contribution in [-0.4, -0.2) is 40.6 Å². The summed E-state index contributed by atoms with van der Waals surface area (Å²) in [7, 11) is 0. The highest BCUT2D eigenvalue weighted by Crippen LogP contribution is 2.41. The number of rotatable bonds is 13. The fourth-order valence-corrected chi connectivity index (χ4v) is 7.07. The number of hydrogen-bond donors (Lipinski definition) is 1. The van der Waals surface area contributed by atoms with Gasteiger partial charge in [0, 0.05) is 12.0 Å². The average molecular weight is 594 g/mol. The van der Waals surface area contributed by atoms with Crippen molar-refractivity contribution in [1.82, 2.24) is 4.90 Å². The van der Waals surface area contributed by atoms with Crippen LogP contribution in [0.1, 0.15) is 120 Å². The van der Waals surface area contributed by atoms with Gasteiger partial charge in [0.1, 0.15) is 5.75 Å². The molecule has 2 amide bonds. The molecule has 3 aromatic carbocycles. The molecule has 1 saturated carbocycles. The molecule has 0 unspecified atom stereocenters. The second-order valence-corrected chi connectivity index (χ2v) is 12.7. The van der Waals surface area contributed by atoms with Crippen molar-refractivity contribution in [1.29, 1.82) is 0 Å². The van der Waals surface area contributed by atoms with Gasteiger partial charge in [-0.2, -0.15) is 0 Å². The smallest absolute Gasteiger partial charge is 0.261 e. The van der Waals surface area contributed by atoms with Crippen LogP contribution in [0.4, 0.5) is 0 Å². The van der Waals surface area contributed by atoms with E-state index in [0.717, 1.165) is 69.1 Å². The number of aliphatic hydroxyl groups is 1. The normalized spacial score (nSPS) is 16.2. The molecule has 3 aromatic rings. The number of aryl methyl sites for hydroxylation is 2. The first-order chi connectivity index (χ1) is 21.2. The van der Waals surface area contributed by atoms with Crippen LogP contribution in [0.3, 0.4) is 0 Å². The van der Waals surface area contributed by atoms with Crippen molar-refractivity contribution in [3.63, 3.8) is 0 Å². The van der Waals surface area contributed by atoms with Gasteiger partial charge in [-0.15, -0.1) is 0 Å². The number of carbonyl (C=O) groups excluding carboxylic acids is 2. The van der Waals surface area contributed by atoms with Gasteiger partial charge in [-0.1, -0.05) is 81.3 Å².